The third-order valence-corrected chi connectivity index (χ3v) is 3.07. The Morgan fingerprint density at radius 2 is 2.00 bits per heavy atom. The number of aliphatic hydroxyl groups is 1. The van der Waals surface area contributed by atoms with Gasteiger partial charge in [0.1, 0.15) is 0 Å². The summed E-state index contributed by atoms with van der Waals surface area (Å²) in [5.41, 5.74) is 1.36. The van der Waals surface area contributed by atoms with E-state index in [0.717, 1.165) is 13.1 Å². The van der Waals surface area contributed by atoms with E-state index in [1.165, 1.54) is 5.56 Å². The van der Waals surface area contributed by atoms with Crippen molar-refractivity contribution in [2.75, 3.05) is 19.7 Å². The maximum absolute atomic E-state index is 8.93. The Balaban J connectivity index is 1.94. The van der Waals surface area contributed by atoms with Gasteiger partial charge in [-0.2, -0.15) is 0 Å². The van der Waals surface area contributed by atoms with Crippen LogP contribution >= 0.6 is 0 Å². The second-order valence-electron chi connectivity index (χ2n) is 4.09. The number of likely N-dealkylation sites (tertiary alicyclic amines) is 1. The van der Waals surface area contributed by atoms with E-state index in [1.54, 1.807) is 0 Å². The third kappa shape index (κ3) is 1.81. The Morgan fingerprint density at radius 3 is 2.57 bits per heavy atom. The molecule has 1 saturated heterocycles. The molecule has 76 valence electrons. The van der Waals surface area contributed by atoms with Gasteiger partial charge in [-0.15, -0.1) is 0 Å². The van der Waals surface area contributed by atoms with Gasteiger partial charge in [-0.05, 0) is 12.5 Å². The van der Waals surface area contributed by atoms with Crippen molar-refractivity contribution < 1.29 is 5.11 Å². The van der Waals surface area contributed by atoms with Crippen LogP contribution in [-0.2, 0) is 0 Å². The first kappa shape index (κ1) is 9.69. The van der Waals surface area contributed by atoms with Crippen molar-refractivity contribution in [3.05, 3.63) is 35.9 Å². The molecule has 1 atom stereocenters. The summed E-state index contributed by atoms with van der Waals surface area (Å²) >= 11 is 0. The van der Waals surface area contributed by atoms with Gasteiger partial charge in [-0.1, -0.05) is 30.3 Å². The van der Waals surface area contributed by atoms with Crippen LogP contribution in [0.25, 0.3) is 0 Å². The topological polar surface area (TPSA) is 23.5 Å². The van der Waals surface area contributed by atoms with Crippen molar-refractivity contribution in [3.8, 4) is 0 Å². The average Bonchev–Trinajstić information content (AvgIpc) is 2.17. The molecule has 0 aliphatic carbocycles. The molecule has 1 aliphatic heterocycles. The van der Waals surface area contributed by atoms with Crippen LogP contribution in [0, 0.1) is 5.92 Å². The van der Waals surface area contributed by atoms with E-state index in [2.05, 4.69) is 36.1 Å². The van der Waals surface area contributed by atoms with Crippen LogP contribution in [0.5, 0.6) is 0 Å². The fourth-order valence-corrected chi connectivity index (χ4v) is 1.98. The summed E-state index contributed by atoms with van der Waals surface area (Å²) in [6, 6.07) is 11.0. The quantitative estimate of drug-likeness (QED) is 0.785. The molecule has 1 heterocycles. The summed E-state index contributed by atoms with van der Waals surface area (Å²) in [7, 11) is 0. The molecule has 0 unspecified atom stereocenters. The minimum atomic E-state index is 0.331. The maximum Gasteiger partial charge on any atom is 0.0483 e. The lowest BCUT2D eigenvalue weighted by Gasteiger charge is -2.42. The fraction of sp³-hybridized carbons (Fsp3) is 0.500. The Kier molecular flexibility index (Phi) is 2.85. The highest BCUT2D eigenvalue weighted by molar-refractivity contribution is 5.18. The van der Waals surface area contributed by atoms with Gasteiger partial charge in [0.05, 0.1) is 0 Å². The monoisotopic (exact) mass is 191 g/mol. The van der Waals surface area contributed by atoms with Crippen molar-refractivity contribution in [1.82, 2.24) is 4.90 Å². The van der Waals surface area contributed by atoms with Crippen LogP contribution in [0.1, 0.15) is 18.5 Å². The van der Waals surface area contributed by atoms with Crippen molar-refractivity contribution in [2.24, 2.45) is 5.92 Å². The number of aliphatic hydroxyl groups excluding tert-OH is 1. The van der Waals surface area contributed by atoms with Crippen LogP contribution in [0.3, 0.4) is 0 Å². The Labute approximate surface area is 85.2 Å². The zero-order valence-electron chi connectivity index (χ0n) is 8.56. The lowest BCUT2D eigenvalue weighted by molar-refractivity contribution is 0.0245. The largest absolute Gasteiger partial charge is 0.396 e. The molecule has 1 fully saturated rings. The molecule has 0 aromatic heterocycles. The van der Waals surface area contributed by atoms with Gasteiger partial charge in [-0.3, -0.25) is 4.90 Å². The summed E-state index contributed by atoms with van der Waals surface area (Å²) in [5, 5.41) is 8.93. The van der Waals surface area contributed by atoms with E-state index < -0.39 is 0 Å². The van der Waals surface area contributed by atoms with Gasteiger partial charge in [-0.25, -0.2) is 0 Å². The van der Waals surface area contributed by atoms with E-state index in [0.29, 0.717) is 18.6 Å². The van der Waals surface area contributed by atoms with Crippen LogP contribution < -0.4 is 0 Å². The lowest BCUT2D eigenvalue weighted by atomic mass is 9.96. The van der Waals surface area contributed by atoms with Crippen molar-refractivity contribution in [2.45, 2.75) is 13.0 Å². The Bertz CT molecular complexity index is 280. The summed E-state index contributed by atoms with van der Waals surface area (Å²) in [6.45, 7) is 4.63. The Morgan fingerprint density at radius 1 is 1.36 bits per heavy atom. The minimum absolute atomic E-state index is 0.331. The van der Waals surface area contributed by atoms with Crippen molar-refractivity contribution >= 4 is 0 Å². The average molecular weight is 191 g/mol. The maximum atomic E-state index is 8.93. The standard InChI is InChI=1S/C12H17NO/c1-10(12-5-3-2-4-6-12)13-7-11(8-13)9-14/h2-6,10-11,14H,7-9H2,1H3/t10-/m0/s1. The van der Waals surface area contributed by atoms with Gasteiger partial charge < -0.3 is 5.11 Å². The van der Waals surface area contributed by atoms with Gasteiger partial charge in [0.15, 0.2) is 0 Å². The first-order chi connectivity index (χ1) is 6.81. The van der Waals surface area contributed by atoms with Gasteiger partial charge >= 0.3 is 0 Å². The van der Waals surface area contributed by atoms with Gasteiger partial charge in [0.25, 0.3) is 0 Å². The van der Waals surface area contributed by atoms with Crippen molar-refractivity contribution in [3.63, 3.8) is 0 Å². The zero-order chi connectivity index (χ0) is 9.97. The SMILES string of the molecule is C[C@@H](c1ccccc1)N1CC(CO)C1. The first-order valence-electron chi connectivity index (χ1n) is 5.21. The second-order valence-corrected chi connectivity index (χ2v) is 4.09. The molecule has 14 heavy (non-hydrogen) atoms. The second kappa shape index (κ2) is 4.11. The molecule has 1 aromatic carbocycles. The minimum Gasteiger partial charge on any atom is -0.396 e. The predicted octanol–water partition coefficient (Wildman–Crippen LogP) is 1.67. The summed E-state index contributed by atoms with van der Waals surface area (Å²) < 4.78 is 0. The zero-order valence-corrected chi connectivity index (χ0v) is 8.56. The molecular formula is C12H17NO. The fourth-order valence-electron chi connectivity index (χ4n) is 1.98. The summed E-state index contributed by atoms with van der Waals surface area (Å²) in [4.78, 5) is 2.40. The molecular weight excluding hydrogens is 174 g/mol. The van der Waals surface area contributed by atoms with Crippen LogP contribution in [0.2, 0.25) is 0 Å². The van der Waals surface area contributed by atoms with Gasteiger partial charge in [0, 0.05) is 31.7 Å². The third-order valence-electron chi connectivity index (χ3n) is 3.07. The van der Waals surface area contributed by atoms with Gasteiger partial charge in [0.2, 0.25) is 0 Å². The number of hydrogen-bond acceptors (Lipinski definition) is 2. The lowest BCUT2D eigenvalue weighted by Crippen LogP contribution is -2.49. The summed E-state index contributed by atoms with van der Waals surface area (Å²) in [5.74, 6) is 0.501. The molecule has 2 heteroatoms. The molecule has 0 saturated carbocycles. The molecule has 2 rings (SSSR count). The number of rotatable bonds is 3. The first-order valence-corrected chi connectivity index (χ1v) is 5.21. The van der Waals surface area contributed by atoms with Crippen LogP contribution in [0.4, 0.5) is 0 Å². The number of benzene rings is 1. The van der Waals surface area contributed by atoms with Crippen LogP contribution in [-0.4, -0.2) is 29.7 Å². The number of nitrogens with zero attached hydrogens (tertiary/aromatic N) is 1. The normalized spacial score (nSPS) is 20.4. The van der Waals surface area contributed by atoms with E-state index in [-0.39, 0.29) is 0 Å². The molecule has 0 radical (unpaired) electrons. The van der Waals surface area contributed by atoms with E-state index in [9.17, 15) is 0 Å². The smallest absolute Gasteiger partial charge is 0.0483 e. The van der Waals surface area contributed by atoms with E-state index in [1.807, 2.05) is 6.07 Å². The predicted molar refractivity (Wildman–Crippen MR) is 57.0 cm³/mol. The number of hydrogen-bond donors (Lipinski definition) is 1. The molecule has 1 N–H and O–H groups in total. The van der Waals surface area contributed by atoms with E-state index >= 15 is 0 Å². The molecule has 0 bridgehead atoms. The highest BCUT2D eigenvalue weighted by Crippen LogP contribution is 2.27. The molecule has 1 aromatic rings. The molecule has 0 amide bonds. The van der Waals surface area contributed by atoms with Crippen LogP contribution in [0.15, 0.2) is 30.3 Å². The highest BCUT2D eigenvalue weighted by atomic mass is 16.3. The molecule has 1 aliphatic rings. The molecule has 2 nitrogen and oxygen atoms in total. The summed E-state index contributed by atoms with van der Waals surface area (Å²) in [6.07, 6.45) is 0. The Hall–Kier alpha value is -0.860. The van der Waals surface area contributed by atoms with Crippen molar-refractivity contribution in [1.29, 1.82) is 0 Å². The van der Waals surface area contributed by atoms with E-state index in [4.69, 9.17) is 5.11 Å². The molecule has 0 spiro atoms. The highest BCUT2D eigenvalue weighted by Gasteiger charge is 2.29.